The van der Waals surface area contributed by atoms with Gasteiger partial charge in [0.15, 0.2) is 9.90 Å². The molecule has 0 aliphatic rings. The lowest BCUT2D eigenvalue weighted by Crippen LogP contribution is -2.26. The van der Waals surface area contributed by atoms with Crippen molar-refractivity contribution < 1.29 is 18.3 Å². The first-order valence-electron chi connectivity index (χ1n) is 5.51. The lowest BCUT2D eigenvalue weighted by atomic mass is 10.3. The Balaban J connectivity index is 1.94. The highest BCUT2D eigenvalue weighted by Crippen LogP contribution is 2.19. The Labute approximate surface area is 118 Å². The summed E-state index contributed by atoms with van der Waals surface area (Å²) < 4.78 is 25.9. The van der Waals surface area contributed by atoms with E-state index in [9.17, 15) is 13.2 Å². The minimum absolute atomic E-state index is 0.167. The molecule has 0 bridgehead atoms. The van der Waals surface area contributed by atoms with Crippen molar-refractivity contribution in [1.82, 2.24) is 24.9 Å². The summed E-state index contributed by atoms with van der Waals surface area (Å²) in [4.78, 5) is 18.3. The molecule has 0 aliphatic heterocycles. The van der Waals surface area contributed by atoms with Crippen LogP contribution in [0.2, 0.25) is 0 Å². The first-order valence-corrected chi connectivity index (χ1v) is 7.87. The summed E-state index contributed by atoms with van der Waals surface area (Å²) in [5.41, 5.74) is 0.727. The highest BCUT2D eigenvalue weighted by molar-refractivity contribution is 7.91. The van der Waals surface area contributed by atoms with Gasteiger partial charge in [0.25, 0.3) is 10.0 Å². The molecule has 9 nitrogen and oxygen atoms in total. The number of carboxylic acids is 1. The third-order valence-corrected chi connectivity index (χ3v) is 5.16. The summed E-state index contributed by atoms with van der Waals surface area (Å²) in [5, 5.41) is 15.2. The third kappa shape index (κ3) is 3.37. The van der Waals surface area contributed by atoms with Crippen LogP contribution >= 0.6 is 11.3 Å². The van der Waals surface area contributed by atoms with Gasteiger partial charge < -0.3 is 5.11 Å². The van der Waals surface area contributed by atoms with Gasteiger partial charge in [0, 0.05) is 13.0 Å². The fourth-order valence-corrected chi connectivity index (χ4v) is 3.70. The number of carboxylic acid groups (broad SMARTS) is 1. The average molecular weight is 317 g/mol. The van der Waals surface area contributed by atoms with Gasteiger partial charge in [-0.15, -0.1) is 11.3 Å². The van der Waals surface area contributed by atoms with Crippen LogP contribution in [0.1, 0.15) is 22.7 Å². The van der Waals surface area contributed by atoms with Crippen LogP contribution in [0.25, 0.3) is 0 Å². The smallest absolute Gasteiger partial charge is 0.356 e. The molecule has 2 heterocycles. The van der Waals surface area contributed by atoms with Crippen LogP contribution in [-0.2, 0) is 16.4 Å². The van der Waals surface area contributed by atoms with Crippen LogP contribution in [0.15, 0.2) is 16.0 Å². The number of sulfonamides is 1. The molecule has 0 atom stereocenters. The number of aromatic nitrogens is 4. The Bertz CT molecular complexity index is 679. The second-order valence-electron chi connectivity index (χ2n) is 3.73. The Morgan fingerprint density at radius 3 is 2.90 bits per heavy atom. The molecule has 0 spiro atoms. The fraction of sp³-hybridized carbons (Fsp3) is 0.333. The van der Waals surface area contributed by atoms with Crippen LogP contribution in [0.4, 0.5) is 0 Å². The second-order valence-corrected chi connectivity index (χ2v) is 6.54. The molecule has 2 rings (SSSR count). The van der Waals surface area contributed by atoms with E-state index in [4.69, 9.17) is 5.11 Å². The molecule has 3 N–H and O–H groups in total. The molecule has 0 aliphatic carbocycles. The molecule has 0 unspecified atom stereocenters. The van der Waals surface area contributed by atoms with Crippen LogP contribution in [0.5, 0.6) is 0 Å². The molecule has 0 amide bonds. The van der Waals surface area contributed by atoms with Crippen molar-refractivity contribution in [3.63, 3.8) is 0 Å². The van der Waals surface area contributed by atoms with Gasteiger partial charge in [0.05, 0.1) is 5.51 Å². The molecule has 108 valence electrons. The first-order chi connectivity index (χ1) is 9.50. The quantitative estimate of drug-likeness (QED) is 0.605. The van der Waals surface area contributed by atoms with E-state index in [0.717, 1.165) is 11.3 Å². The number of aromatic carboxylic acids is 1. The van der Waals surface area contributed by atoms with Gasteiger partial charge in [-0.25, -0.2) is 27.9 Å². The van der Waals surface area contributed by atoms with Crippen molar-refractivity contribution in [1.29, 1.82) is 0 Å². The van der Waals surface area contributed by atoms with Gasteiger partial charge in [0.2, 0.25) is 0 Å². The fourth-order valence-electron chi connectivity index (χ4n) is 1.45. The van der Waals surface area contributed by atoms with Gasteiger partial charge in [-0.05, 0) is 6.42 Å². The van der Waals surface area contributed by atoms with Crippen LogP contribution < -0.4 is 4.72 Å². The van der Waals surface area contributed by atoms with Gasteiger partial charge in [0.1, 0.15) is 12.2 Å². The Morgan fingerprint density at radius 2 is 2.25 bits per heavy atom. The van der Waals surface area contributed by atoms with Gasteiger partial charge in [-0.3, -0.25) is 5.10 Å². The Kier molecular flexibility index (Phi) is 4.42. The number of thiazole rings is 1. The number of rotatable bonds is 7. The normalized spacial score (nSPS) is 11.6. The van der Waals surface area contributed by atoms with Crippen LogP contribution in [-0.4, -0.2) is 46.2 Å². The maximum absolute atomic E-state index is 11.9. The SMILES string of the molecule is O=C(O)c1ncsc1S(=O)(=O)NCCCc1ncn[nH]1. The largest absolute Gasteiger partial charge is 0.476 e. The van der Waals surface area contributed by atoms with E-state index in [-0.39, 0.29) is 10.8 Å². The van der Waals surface area contributed by atoms with E-state index >= 15 is 0 Å². The lowest BCUT2D eigenvalue weighted by molar-refractivity contribution is 0.0687. The highest BCUT2D eigenvalue weighted by Gasteiger charge is 2.25. The van der Waals surface area contributed by atoms with E-state index in [1.165, 1.54) is 11.8 Å². The number of carbonyl (C=O) groups is 1. The van der Waals surface area contributed by atoms with E-state index in [2.05, 4.69) is 24.9 Å². The molecular formula is C9H11N5O4S2. The number of hydrogen-bond donors (Lipinski definition) is 3. The van der Waals surface area contributed by atoms with E-state index in [1.54, 1.807) is 0 Å². The number of aromatic amines is 1. The van der Waals surface area contributed by atoms with E-state index < -0.39 is 21.7 Å². The number of hydrogen-bond acceptors (Lipinski definition) is 7. The summed E-state index contributed by atoms with van der Waals surface area (Å²) in [6.45, 7) is 0.167. The van der Waals surface area contributed by atoms with Gasteiger partial charge >= 0.3 is 5.97 Å². The molecule has 0 fully saturated rings. The zero-order chi connectivity index (χ0) is 14.6. The monoisotopic (exact) mass is 317 g/mol. The number of nitrogens with one attached hydrogen (secondary N) is 2. The number of H-pyrrole nitrogens is 1. The predicted molar refractivity (Wildman–Crippen MR) is 69.0 cm³/mol. The Morgan fingerprint density at radius 1 is 1.45 bits per heavy atom. The minimum atomic E-state index is -3.85. The molecule has 2 aromatic rings. The Hall–Kier alpha value is -1.85. The molecular weight excluding hydrogens is 306 g/mol. The second kappa shape index (κ2) is 6.07. The molecule has 0 radical (unpaired) electrons. The summed E-state index contributed by atoms with van der Waals surface area (Å²) in [6, 6.07) is 0. The summed E-state index contributed by atoms with van der Waals surface area (Å²) >= 11 is 0.770. The third-order valence-electron chi connectivity index (χ3n) is 2.33. The molecule has 20 heavy (non-hydrogen) atoms. The summed E-state index contributed by atoms with van der Waals surface area (Å²) in [5.74, 6) is -0.707. The topological polar surface area (TPSA) is 138 Å². The van der Waals surface area contributed by atoms with Crippen molar-refractivity contribution in [2.75, 3.05) is 6.54 Å². The standard InChI is InChI=1S/C9H11N5O4S2/c15-8(16)7-9(19-5-11-7)20(17,18)13-3-1-2-6-10-4-12-14-6/h4-5,13H,1-3H2,(H,15,16)(H,10,12,14). The van der Waals surface area contributed by atoms with E-state index in [0.29, 0.717) is 18.7 Å². The zero-order valence-corrected chi connectivity index (χ0v) is 11.7. The van der Waals surface area contributed by atoms with Crippen molar-refractivity contribution in [3.8, 4) is 0 Å². The molecule has 0 aromatic carbocycles. The van der Waals surface area contributed by atoms with Crippen LogP contribution in [0.3, 0.4) is 0 Å². The minimum Gasteiger partial charge on any atom is -0.476 e. The molecule has 0 saturated heterocycles. The maximum atomic E-state index is 11.9. The number of aryl methyl sites for hydroxylation is 1. The zero-order valence-electron chi connectivity index (χ0n) is 10.1. The van der Waals surface area contributed by atoms with E-state index in [1.807, 2.05) is 0 Å². The van der Waals surface area contributed by atoms with Crippen molar-refractivity contribution in [3.05, 3.63) is 23.4 Å². The van der Waals surface area contributed by atoms with Gasteiger partial charge in [-0.2, -0.15) is 5.10 Å². The molecule has 11 heteroatoms. The first kappa shape index (κ1) is 14.6. The van der Waals surface area contributed by atoms with Crippen molar-refractivity contribution in [2.24, 2.45) is 0 Å². The summed E-state index contributed by atoms with van der Waals surface area (Å²) in [7, 11) is -3.85. The number of nitrogens with zero attached hydrogens (tertiary/aromatic N) is 3. The highest BCUT2D eigenvalue weighted by atomic mass is 32.2. The van der Waals surface area contributed by atoms with Crippen LogP contribution in [0, 0.1) is 0 Å². The van der Waals surface area contributed by atoms with Crippen molar-refractivity contribution in [2.45, 2.75) is 17.1 Å². The average Bonchev–Trinajstić information content (AvgIpc) is 3.05. The molecule has 0 saturated carbocycles. The summed E-state index contributed by atoms with van der Waals surface area (Å²) in [6.07, 6.45) is 2.42. The predicted octanol–water partition coefficient (Wildman–Crippen LogP) is -0.130. The van der Waals surface area contributed by atoms with Crippen molar-refractivity contribution >= 4 is 27.3 Å². The lowest BCUT2D eigenvalue weighted by Gasteiger charge is -2.04. The molecule has 2 aromatic heterocycles. The maximum Gasteiger partial charge on any atom is 0.356 e. The van der Waals surface area contributed by atoms with Gasteiger partial charge in [-0.1, -0.05) is 0 Å².